The van der Waals surface area contributed by atoms with Gasteiger partial charge in [0.2, 0.25) is 0 Å². The summed E-state index contributed by atoms with van der Waals surface area (Å²) < 4.78 is 18.7. The second-order valence-electron chi connectivity index (χ2n) is 4.89. The van der Waals surface area contributed by atoms with Crippen LogP contribution in [0.5, 0.6) is 0 Å². The molecule has 1 aromatic rings. The summed E-state index contributed by atoms with van der Waals surface area (Å²) >= 11 is 3.14. The molecule has 0 amide bonds. The standard InChI is InChI=1S/C14H18BrFN2O2/c15-11-9-12(16)13(17)8-10(11)14(19)20-7-3-6-18-4-1-2-5-18/h8-9H,1-7,17H2. The largest absolute Gasteiger partial charge is 0.462 e. The maximum absolute atomic E-state index is 13.2. The highest BCUT2D eigenvalue weighted by Crippen LogP contribution is 2.23. The average molecular weight is 345 g/mol. The van der Waals surface area contributed by atoms with Crippen molar-refractivity contribution in [3.63, 3.8) is 0 Å². The van der Waals surface area contributed by atoms with Crippen LogP contribution in [0.3, 0.4) is 0 Å². The Morgan fingerprint density at radius 3 is 2.80 bits per heavy atom. The van der Waals surface area contributed by atoms with Crippen molar-refractivity contribution in [2.75, 3.05) is 32.0 Å². The van der Waals surface area contributed by atoms with Gasteiger partial charge in [-0.25, -0.2) is 9.18 Å². The van der Waals surface area contributed by atoms with Crippen molar-refractivity contribution in [2.45, 2.75) is 19.3 Å². The molecule has 2 N–H and O–H groups in total. The van der Waals surface area contributed by atoms with E-state index in [1.807, 2.05) is 0 Å². The molecule has 1 saturated heterocycles. The van der Waals surface area contributed by atoms with Gasteiger partial charge in [0.15, 0.2) is 0 Å². The fraction of sp³-hybridized carbons (Fsp3) is 0.500. The molecule has 1 aliphatic rings. The van der Waals surface area contributed by atoms with Crippen molar-refractivity contribution in [2.24, 2.45) is 0 Å². The van der Waals surface area contributed by atoms with E-state index in [4.69, 9.17) is 10.5 Å². The lowest BCUT2D eigenvalue weighted by molar-refractivity contribution is 0.0490. The van der Waals surface area contributed by atoms with Crippen LogP contribution in [-0.4, -0.2) is 37.1 Å². The molecule has 1 aliphatic heterocycles. The predicted molar refractivity (Wildman–Crippen MR) is 79.1 cm³/mol. The highest BCUT2D eigenvalue weighted by molar-refractivity contribution is 9.10. The number of carbonyl (C=O) groups excluding carboxylic acids is 1. The van der Waals surface area contributed by atoms with Gasteiger partial charge >= 0.3 is 5.97 Å². The molecule has 4 nitrogen and oxygen atoms in total. The Balaban J connectivity index is 1.81. The number of hydrogen-bond acceptors (Lipinski definition) is 4. The Morgan fingerprint density at radius 1 is 1.40 bits per heavy atom. The number of ether oxygens (including phenoxy) is 1. The van der Waals surface area contributed by atoms with Gasteiger partial charge in [-0.3, -0.25) is 0 Å². The first-order valence-electron chi connectivity index (χ1n) is 6.72. The zero-order valence-corrected chi connectivity index (χ0v) is 12.8. The van der Waals surface area contributed by atoms with Crippen LogP contribution in [0.4, 0.5) is 10.1 Å². The molecule has 0 aliphatic carbocycles. The molecule has 0 aromatic heterocycles. The van der Waals surface area contributed by atoms with Crippen LogP contribution >= 0.6 is 15.9 Å². The SMILES string of the molecule is Nc1cc(C(=O)OCCCN2CCCC2)c(Br)cc1F. The van der Waals surface area contributed by atoms with Gasteiger partial charge in [-0.2, -0.15) is 0 Å². The third-order valence-electron chi connectivity index (χ3n) is 3.36. The molecule has 0 saturated carbocycles. The van der Waals surface area contributed by atoms with Crippen molar-refractivity contribution in [1.82, 2.24) is 4.90 Å². The number of rotatable bonds is 5. The zero-order valence-electron chi connectivity index (χ0n) is 11.2. The number of carbonyl (C=O) groups is 1. The van der Waals surface area contributed by atoms with Gasteiger partial charge in [-0.15, -0.1) is 0 Å². The molecule has 1 fully saturated rings. The van der Waals surface area contributed by atoms with Crippen LogP contribution in [0.1, 0.15) is 29.6 Å². The fourth-order valence-corrected chi connectivity index (χ4v) is 2.74. The Bertz CT molecular complexity index is 490. The minimum absolute atomic E-state index is 0.0581. The van der Waals surface area contributed by atoms with E-state index in [2.05, 4.69) is 20.8 Å². The van der Waals surface area contributed by atoms with Gasteiger partial charge in [-0.05, 0) is 60.4 Å². The molecule has 0 bridgehead atoms. The summed E-state index contributed by atoms with van der Waals surface area (Å²) in [7, 11) is 0. The topological polar surface area (TPSA) is 55.6 Å². The number of hydrogen-bond donors (Lipinski definition) is 1. The summed E-state index contributed by atoms with van der Waals surface area (Å²) in [6, 6.07) is 2.47. The number of halogens is 2. The van der Waals surface area contributed by atoms with E-state index in [0.717, 1.165) is 26.1 Å². The van der Waals surface area contributed by atoms with Gasteiger partial charge in [0, 0.05) is 11.0 Å². The highest BCUT2D eigenvalue weighted by atomic mass is 79.9. The molecule has 0 radical (unpaired) electrons. The minimum atomic E-state index is -0.553. The van der Waals surface area contributed by atoms with Gasteiger partial charge < -0.3 is 15.4 Å². The van der Waals surface area contributed by atoms with Crippen molar-refractivity contribution < 1.29 is 13.9 Å². The number of nitrogen functional groups attached to an aromatic ring is 1. The van der Waals surface area contributed by atoms with Crippen LogP contribution < -0.4 is 5.73 Å². The van der Waals surface area contributed by atoms with E-state index in [0.29, 0.717) is 11.1 Å². The lowest BCUT2D eigenvalue weighted by Crippen LogP contribution is -2.22. The number of likely N-dealkylation sites (tertiary alicyclic amines) is 1. The second kappa shape index (κ2) is 7.04. The smallest absolute Gasteiger partial charge is 0.339 e. The van der Waals surface area contributed by atoms with Crippen LogP contribution in [0, 0.1) is 5.82 Å². The number of nitrogens with two attached hydrogens (primary N) is 1. The Labute approximate surface area is 126 Å². The van der Waals surface area contributed by atoms with Crippen LogP contribution in [0.15, 0.2) is 16.6 Å². The second-order valence-corrected chi connectivity index (χ2v) is 5.75. The van der Waals surface area contributed by atoms with Crippen LogP contribution in [0.25, 0.3) is 0 Å². The third-order valence-corrected chi connectivity index (χ3v) is 4.01. The first-order valence-corrected chi connectivity index (χ1v) is 7.51. The first-order chi connectivity index (χ1) is 9.58. The van der Waals surface area contributed by atoms with Gasteiger partial charge in [0.05, 0.1) is 17.9 Å². The maximum atomic E-state index is 13.2. The van der Waals surface area contributed by atoms with E-state index >= 15 is 0 Å². The van der Waals surface area contributed by atoms with Gasteiger partial charge in [-0.1, -0.05) is 0 Å². The third kappa shape index (κ3) is 3.93. The average Bonchev–Trinajstić information content (AvgIpc) is 2.92. The van der Waals surface area contributed by atoms with Gasteiger partial charge in [0.1, 0.15) is 5.82 Å². The summed E-state index contributed by atoms with van der Waals surface area (Å²) in [5.74, 6) is -1.03. The summed E-state index contributed by atoms with van der Waals surface area (Å²) in [5.41, 5.74) is 5.65. The van der Waals surface area contributed by atoms with Crippen molar-refractivity contribution in [3.05, 3.63) is 28.0 Å². The highest BCUT2D eigenvalue weighted by Gasteiger charge is 2.15. The molecular formula is C14H18BrFN2O2. The van der Waals surface area contributed by atoms with Crippen LogP contribution in [0.2, 0.25) is 0 Å². The lowest BCUT2D eigenvalue weighted by Gasteiger charge is -2.14. The van der Waals surface area contributed by atoms with Gasteiger partial charge in [0.25, 0.3) is 0 Å². The molecule has 0 atom stereocenters. The molecule has 6 heteroatoms. The molecule has 110 valence electrons. The van der Waals surface area contributed by atoms with Crippen molar-refractivity contribution >= 4 is 27.6 Å². The van der Waals surface area contributed by atoms with E-state index in [-0.39, 0.29) is 11.3 Å². The van der Waals surface area contributed by atoms with E-state index in [9.17, 15) is 9.18 Å². The minimum Gasteiger partial charge on any atom is -0.462 e. The lowest BCUT2D eigenvalue weighted by atomic mass is 10.2. The molecule has 1 heterocycles. The molecule has 20 heavy (non-hydrogen) atoms. The Morgan fingerprint density at radius 2 is 2.10 bits per heavy atom. The van der Waals surface area contributed by atoms with Crippen molar-refractivity contribution in [1.29, 1.82) is 0 Å². The number of esters is 1. The molecular weight excluding hydrogens is 327 g/mol. The predicted octanol–water partition coefficient (Wildman–Crippen LogP) is 2.81. The quantitative estimate of drug-likeness (QED) is 0.507. The van der Waals surface area contributed by atoms with E-state index < -0.39 is 11.8 Å². The Kier molecular flexibility index (Phi) is 5.37. The monoisotopic (exact) mass is 344 g/mol. The number of anilines is 1. The van der Waals surface area contributed by atoms with E-state index in [1.165, 1.54) is 25.0 Å². The van der Waals surface area contributed by atoms with E-state index in [1.54, 1.807) is 0 Å². The summed E-state index contributed by atoms with van der Waals surface area (Å²) in [4.78, 5) is 14.2. The first kappa shape index (κ1) is 15.3. The molecule has 1 aromatic carbocycles. The molecule has 0 unspecified atom stereocenters. The van der Waals surface area contributed by atoms with Crippen LogP contribution in [-0.2, 0) is 4.74 Å². The summed E-state index contributed by atoms with van der Waals surface area (Å²) in [6.45, 7) is 3.57. The molecule has 2 rings (SSSR count). The number of nitrogens with zero attached hydrogens (tertiary/aromatic N) is 1. The van der Waals surface area contributed by atoms with Crippen molar-refractivity contribution in [3.8, 4) is 0 Å². The normalized spacial score (nSPS) is 15.5. The number of benzene rings is 1. The fourth-order valence-electron chi connectivity index (χ4n) is 2.26. The Hall–Kier alpha value is -1.14. The summed E-state index contributed by atoms with van der Waals surface area (Å²) in [5, 5.41) is 0. The maximum Gasteiger partial charge on any atom is 0.339 e. The molecule has 0 spiro atoms. The zero-order chi connectivity index (χ0) is 14.5. The summed E-state index contributed by atoms with van der Waals surface area (Å²) in [6.07, 6.45) is 3.31.